The van der Waals surface area contributed by atoms with Crippen molar-refractivity contribution >= 4 is 33.3 Å². The Morgan fingerprint density at radius 2 is 1.94 bits per heavy atom. The molecule has 3 aromatic rings. The summed E-state index contributed by atoms with van der Waals surface area (Å²) in [5, 5.41) is 9.22. The molecule has 4 rings (SSSR count). The molecule has 0 bridgehead atoms. The van der Waals surface area contributed by atoms with E-state index in [0.717, 1.165) is 5.56 Å². The summed E-state index contributed by atoms with van der Waals surface area (Å²) in [6.07, 6.45) is -0.329. The third kappa shape index (κ3) is 5.58. The van der Waals surface area contributed by atoms with Crippen molar-refractivity contribution in [3.63, 3.8) is 0 Å². The van der Waals surface area contributed by atoms with Crippen LogP contribution in [-0.2, 0) is 32.6 Å². The van der Waals surface area contributed by atoms with Crippen LogP contribution in [0.25, 0.3) is 0 Å². The number of carboxylic acids is 1. The summed E-state index contributed by atoms with van der Waals surface area (Å²) < 4.78 is 53.8. The molecule has 35 heavy (non-hydrogen) atoms. The fourth-order valence-electron chi connectivity index (χ4n) is 3.89. The van der Waals surface area contributed by atoms with Crippen molar-refractivity contribution in [1.29, 1.82) is 0 Å². The number of aliphatic carboxylic acids is 1. The first kappa shape index (κ1) is 25.0. The van der Waals surface area contributed by atoms with E-state index in [-0.39, 0.29) is 28.6 Å². The van der Waals surface area contributed by atoms with Crippen LogP contribution in [0, 0.1) is 12.7 Å². The third-order valence-corrected chi connectivity index (χ3v) is 7.74. The summed E-state index contributed by atoms with van der Waals surface area (Å²) in [7, 11) is -4.00. The first-order valence-corrected chi connectivity index (χ1v) is 12.6. The van der Waals surface area contributed by atoms with E-state index in [2.05, 4.69) is 0 Å². The molecule has 7 nitrogen and oxygen atoms in total. The highest BCUT2D eigenvalue weighted by atomic mass is 35.5. The molecule has 0 aromatic heterocycles. The molecule has 0 fully saturated rings. The number of hydrogen-bond donors (Lipinski definition) is 1. The van der Waals surface area contributed by atoms with Crippen molar-refractivity contribution in [2.45, 2.75) is 31.0 Å². The van der Waals surface area contributed by atoms with Crippen molar-refractivity contribution in [2.75, 3.05) is 17.5 Å². The number of aryl methyl sites for hydroxylation is 1. The van der Waals surface area contributed by atoms with Gasteiger partial charge in [-0.2, -0.15) is 0 Å². The predicted molar refractivity (Wildman–Crippen MR) is 129 cm³/mol. The molecule has 0 unspecified atom stereocenters. The lowest BCUT2D eigenvalue weighted by Gasteiger charge is -2.35. The SMILES string of the molecule is Cc1cccc(S(=O)(=O)N2C[C@H](OCC(=O)O)Cc3ccc(OCc4c(F)cccc4Cl)cc32)c1. The lowest BCUT2D eigenvalue weighted by Crippen LogP contribution is -2.44. The maximum absolute atomic E-state index is 14.1. The average molecular weight is 520 g/mol. The van der Waals surface area contributed by atoms with E-state index >= 15 is 0 Å². The zero-order chi connectivity index (χ0) is 25.2. The van der Waals surface area contributed by atoms with Crippen molar-refractivity contribution in [1.82, 2.24) is 0 Å². The van der Waals surface area contributed by atoms with Crippen molar-refractivity contribution in [3.8, 4) is 5.75 Å². The normalized spacial score (nSPS) is 15.5. The number of rotatable bonds is 8. The van der Waals surface area contributed by atoms with Gasteiger partial charge in [-0.3, -0.25) is 4.31 Å². The number of sulfonamides is 1. The molecule has 0 saturated carbocycles. The van der Waals surface area contributed by atoms with E-state index in [4.69, 9.17) is 26.2 Å². The Morgan fingerprint density at radius 3 is 2.66 bits per heavy atom. The molecule has 1 heterocycles. The minimum Gasteiger partial charge on any atom is -0.489 e. The summed E-state index contributed by atoms with van der Waals surface area (Å²) >= 11 is 6.08. The minimum atomic E-state index is -4.00. The Kier molecular flexibility index (Phi) is 7.30. The van der Waals surface area contributed by atoms with Crippen LogP contribution in [0.5, 0.6) is 5.75 Å². The summed E-state index contributed by atoms with van der Waals surface area (Å²) in [5.74, 6) is -1.31. The second kappa shape index (κ2) is 10.2. The molecule has 1 aliphatic heterocycles. The van der Waals surface area contributed by atoms with Crippen LogP contribution >= 0.6 is 11.6 Å². The Hall–Kier alpha value is -3.14. The summed E-state index contributed by atoms with van der Waals surface area (Å²) in [5.41, 5.74) is 2.01. The van der Waals surface area contributed by atoms with Crippen LogP contribution in [-0.4, -0.2) is 38.7 Å². The van der Waals surface area contributed by atoms with Crippen LogP contribution in [0.3, 0.4) is 0 Å². The highest BCUT2D eigenvalue weighted by molar-refractivity contribution is 7.92. The molecule has 1 aliphatic rings. The summed E-state index contributed by atoms with van der Waals surface area (Å²) in [4.78, 5) is 11.1. The summed E-state index contributed by atoms with van der Waals surface area (Å²) in [6.45, 7) is 1.04. The van der Waals surface area contributed by atoms with Gasteiger partial charge in [0.25, 0.3) is 10.0 Å². The van der Waals surface area contributed by atoms with Gasteiger partial charge in [0.1, 0.15) is 24.8 Å². The number of hydrogen-bond acceptors (Lipinski definition) is 5. The number of anilines is 1. The zero-order valence-electron chi connectivity index (χ0n) is 18.8. The van der Waals surface area contributed by atoms with E-state index in [1.165, 1.54) is 22.5 Å². The number of carbonyl (C=O) groups is 1. The predicted octanol–water partition coefficient (Wildman–Crippen LogP) is 4.59. The van der Waals surface area contributed by atoms with E-state index < -0.39 is 34.5 Å². The molecule has 184 valence electrons. The van der Waals surface area contributed by atoms with Gasteiger partial charge in [-0.15, -0.1) is 0 Å². The van der Waals surface area contributed by atoms with Crippen LogP contribution in [0.1, 0.15) is 16.7 Å². The van der Waals surface area contributed by atoms with Gasteiger partial charge in [-0.1, -0.05) is 35.9 Å². The lowest BCUT2D eigenvalue weighted by molar-refractivity contribution is -0.144. The van der Waals surface area contributed by atoms with E-state index in [9.17, 15) is 17.6 Å². The Morgan fingerprint density at radius 1 is 1.17 bits per heavy atom. The quantitative estimate of drug-likeness (QED) is 0.468. The minimum absolute atomic E-state index is 0.0703. The Bertz CT molecular complexity index is 1340. The molecule has 0 amide bonds. The van der Waals surface area contributed by atoms with Gasteiger partial charge in [-0.05, 0) is 48.4 Å². The monoisotopic (exact) mass is 519 g/mol. The van der Waals surface area contributed by atoms with E-state index in [1.54, 1.807) is 49.4 Å². The van der Waals surface area contributed by atoms with Crippen LogP contribution in [0.4, 0.5) is 10.1 Å². The van der Waals surface area contributed by atoms with Crippen molar-refractivity contribution < 1.29 is 32.2 Å². The van der Waals surface area contributed by atoms with Crippen LogP contribution in [0.2, 0.25) is 5.02 Å². The van der Waals surface area contributed by atoms with Gasteiger partial charge in [0, 0.05) is 18.1 Å². The number of carboxylic acid groups (broad SMARTS) is 1. The molecule has 10 heteroatoms. The fraction of sp³-hybridized carbons (Fsp3) is 0.240. The second-order valence-corrected chi connectivity index (χ2v) is 10.4. The van der Waals surface area contributed by atoms with Crippen LogP contribution in [0.15, 0.2) is 65.6 Å². The maximum atomic E-state index is 14.1. The zero-order valence-corrected chi connectivity index (χ0v) is 20.4. The molecule has 0 aliphatic carbocycles. The van der Waals surface area contributed by atoms with Crippen molar-refractivity contribution in [3.05, 3.63) is 88.2 Å². The maximum Gasteiger partial charge on any atom is 0.329 e. The molecular weight excluding hydrogens is 497 g/mol. The number of fused-ring (bicyclic) bond motifs is 1. The molecule has 0 saturated heterocycles. The topological polar surface area (TPSA) is 93.1 Å². The number of halogens is 2. The number of nitrogens with zero attached hydrogens (tertiary/aromatic N) is 1. The first-order valence-electron chi connectivity index (χ1n) is 10.8. The number of ether oxygens (including phenoxy) is 2. The Labute approximate surface area is 207 Å². The number of benzene rings is 3. The highest BCUT2D eigenvalue weighted by Gasteiger charge is 2.34. The standard InChI is InChI=1S/C25H23ClFNO6S/c1-16-4-2-5-20(10-16)35(31,32)28-13-19(34-15-25(29)30)11-17-8-9-18(12-24(17)28)33-14-21-22(26)6-3-7-23(21)27/h2-10,12,19H,11,13-15H2,1H3,(H,29,30)/t19-/m1/s1. The fourth-order valence-corrected chi connectivity index (χ4v) is 5.74. The first-order chi connectivity index (χ1) is 16.6. The largest absolute Gasteiger partial charge is 0.489 e. The second-order valence-electron chi connectivity index (χ2n) is 8.16. The molecular formula is C25H23ClFNO6S. The highest BCUT2D eigenvalue weighted by Crippen LogP contribution is 2.36. The molecule has 1 atom stereocenters. The molecule has 1 N–H and O–H groups in total. The smallest absolute Gasteiger partial charge is 0.329 e. The molecule has 3 aromatic carbocycles. The van der Waals surface area contributed by atoms with Gasteiger partial charge < -0.3 is 14.6 Å². The van der Waals surface area contributed by atoms with Gasteiger partial charge in [0.05, 0.1) is 28.3 Å². The van der Waals surface area contributed by atoms with Crippen LogP contribution < -0.4 is 9.04 Å². The third-order valence-electron chi connectivity index (χ3n) is 5.61. The van der Waals surface area contributed by atoms with Gasteiger partial charge in [0.2, 0.25) is 0 Å². The van der Waals surface area contributed by atoms with Gasteiger partial charge in [-0.25, -0.2) is 17.6 Å². The van der Waals surface area contributed by atoms with Gasteiger partial charge in [0.15, 0.2) is 0 Å². The van der Waals surface area contributed by atoms with E-state index in [1.807, 2.05) is 0 Å². The Balaban J connectivity index is 1.68. The van der Waals surface area contributed by atoms with Gasteiger partial charge >= 0.3 is 5.97 Å². The van der Waals surface area contributed by atoms with Crippen molar-refractivity contribution in [2.24, 2.45) is 0 Å². The lowest BCUT2D eigenvalue weighted by atomic mass is 10.0. The molecule has 0 spiro atoms. The summed E-state index contributed by atoms with van der Waals surface area (Å²) in [6, 6.07) is 15.8. The average Bonchev–Trinajstić information content (AvgIpc) is 2.82. The molecule has 0 radical (unpaired) electrons. The van der Waals surface area contributed by atoms with E-state index in [0.29, 0.717) is 23.4 Å².